The van der Waals surface area contributed by atoms with Gasteiger partial charge in [0.15, 0.2) is 0 Å². The van der Waals surface area contributed by atoms with Crippen LogP contribution >= 0.6 is 11.6 Å². The second-order valence-corrected chi connectivity index (χ2v) is 6.70. The van der Waals surface area contributed by atoms with E-state index in [1.165, 1.54) is 0 Å². The minimum atomic E-state index is -0.0156. The number of amides is 2. The first-order chi connectivity index (χ1) is 11.0. The number of piperidine rings is 1. The summed E-state index contributed by atoms with van der Waals surface area (Å²) in [5.74, 6) is 0.461. The third-order valence-corrected chi connectivity index (χ3v) is 4.83. The van der Waals surface area contributed by atoms with Crippen LogP contribution in [0.25, 0.3) is 0 Å². The van der Waals surface area contributed by atoms with E-state index in [1.54, 1.807) is 12.1 Å². The van der Waals surface area contributed by atoms with Crippen LogP contribution in [0.3, 0.4) is 0 Å². The zero-order valence-corrected chi connectivity index (χ0v) is 14.6. The summed E-state index contributed by atoms with van der Waals surface area (Å²) in [6.45, 7) is 5.45. The van der Waals surface area contributed by atoms with Gasteiger partial charge < -0.3 is 10.2 Å². The van der Waals surface area contributed by atoms with Crippen molar-refractivity contribution in [2.75, 3.05) is 13.1 Å². The maximum Gasteiger partial charge on any atom is 0.255 e. The Bertz CT molecular complexity index is 554. The molecule has 1 aromatic rings. The lowest BCUT2D eigenvalue weighted by molar-refractivity contribution is -0.122. The van der Waals surface area contributed by atoms with Crippen LogP contribution in [0.5, 0.6) is 0 Å². The number of rotatable bonds is 5. The zero-order valence-electron chi connectivity index (χ0n) is 13.8. The third kappa shape index (κ3) is 4.96. The van der Waals surface area contributed by atoms with E-state index in [9.17, 15) is 9.59 Å². The van der Waals surface area contributed by atoms with Crippen molar-refractivity contribution in [3.8, 4) is 0 Å². The molecule has 0 saturated carbocycles. The highest BCUT2D eigenvalue weighted by atomic mass is 35.5. The molecule has 5 heteroatoms. The molecule has 0 radical (unpaired) electrons. The number of hydrogen-bond donors (Lipinski definition) is 1. The average Bonchev–Trinajstić information content (AvgIpc) is 2.55. The van der Waals surface area contributed by atoms with Crippen molar-refractivity contribution in [2.45, 2.75) is 45.6 Å². The SMILES string of the molecule is CC[C@H](C)NC(=O)CC1CCN(C(=O)c2ccccc2Cl)CC1. The predicted octanol–water partition coefficient (Wildman–Crippen LogP) is 3.50. The number of nitrogens with one attached hydrogen (secondary N) is 1. The molecule has 4 nitrogen and oxygen atoms in total. The largest absolute Gasteiger partial charge is 0.354 e. The molecule has 0 aliphatic carbocycles. The van der Waals surface area contributed by atoms with Crippen LogP contribution in [0, 0.1) is 5.92 Å². The summed E-state index contributed by atoms with van der Waals surface area (Å²) in [4.78, 5) is 26.3. The number of hydrogen-bond acceptors (Lipinski definition) is 2. The van der Waals surface area contributed by atoms with E-state index < -0.39 is 0 Å². The number of carbonyl (C=O) groups is 2. The molecule has 0 aromatic heterocycles. The van der Waals surface area contributed by atoms with Gasteiger partial charge in [-0.1, -0.05) is 30.7 Å². The summed E-state index contributed by atoms with van der Waals surface area (Å²) >= 11 is 6.10. The van der Waals surface area contributed by atoms with Gasteiger partial charge in [0, 0.05) is 25.6 Å². The number of likely N-dealkylation sites (tertiary alicyclic amines) is 1. The average molecular weight is 337 g/mol. The summed E-state index contributed by atoms with van der Waals surface area (Å²) in [5.41, 5.74) is 0.558. The molecule has 126 valence electrons. The maximum atomic E-state index is 12.5. The van der Waals surface area contributed by atoms with E-state index in [4.69, 9.17) is 11.6 Å². The number of halogens is 1. The Morgan fingerprint density at radius 3 is 2.57 bits per heavy atom. The molecule has 2 amide bonds. The second-order valence-electron chi connectivity index (χ2n) is 6.30. The summed E-state index contributed by atoms with van der Waals surface area (Å²) in [5, 5.41) is 3.50. The standard InChI is InChI=1S/C18H25ClN2O2/c1-3-13(2)20-17(22)12-14-8-10-21(11-9-14)18(23)15-6-4-5-7-16(15)19/h4-7,13-14H,3,8-12H2,1-2H3,(H,20,22)/t13-/m0/s1. The number of carbonyl (C=O) groups excluding carboxylic acids is 2. The summed E-state index contributed by atoms with van der Waals surface area (Å²) < 4.78 is 0. The van der Waals surface area contributed by atoms with E-state index in [2.05, 4.69) is 12.2 Å². The van der Waals surface area contributed by atoms with Crippen LogP contribution in [0.2, 0.25) is 5.02 Å². The Hall–Kier alpha value is -1.55. The van der Waals surface area contributed by atoms with Gasteiger partial charge in [-0.05, 0) is 44.2 Å². The molecule has 1 aromatic carbocycles. The Kier molecular flexibility index (Phi) is 6.46. The Balaban J connectivity index is 1.83. The van der Waals surface area contributed by atoms with Crippen molar-refractivity contribution in [3.05, 3.63) is 34.9 Å². The summed E-state index contributed by atoms with van der Waals surface area (Å²) in [7, 11) is 0. The van der Waals surface area contributed by atoms with Gasteiger partial charge in [-0.3, -0.25) is 9.59 Å². The van der Waals surface area contributed by atoms with Crippen molar-refractivity contribution in [2.24, 2.45) is 5.92 Å². The highest BCUT2D eigenvalue weighted by molar-refractivity contribution is 6.33. The first-order valence-corrected chi connectivity index (χ1v) is 8.72. The first kappa shape index (κ1) is 17.8. The van der Waals surface area contributed by atoms with Crippen LogP contribution < -0.4 is 5.32 Å². The Labute approximate surface area is 143 Å². The van der Waals surface area contributed by atoms with Gasteiger partial charge in [0.25, 0.3) is 5.91 Å². The fourth-order valence-electron chi connectivity index (χ4n) is 2.84. The van der Waals surface area contributed by atoms with Gasteiger partial charge in [0.2, 0.25) is 5.91 Å². The molecule has 1 saturated heterocycles. The normalized spacial score (nSPS) is 16.9. The molecule has 1 atom stereocenters. The molecular weight excluding hydrogens is 312 g/mol. The molecule has 1 aliphatic heterocycles. The minimum absolute atomic E-state index is 0.0156. The van der Waals surface area contributed by atoms with Crippen LogP contribution in [0.15, 0.2) is 24.3 Å². The molecule has 0 spiro atoms. The van der Waals surface area contributed by atoms with Gasteiger partial charge in [-0.25, -0.2) is 0 Å². The van der Waals surface area contributed by atoms with E-state index >= 15 is 0 Å². The Morgan fingerprint density at radius 2 is 1.96 bits per heavy atom. The van der Waals surface area contributed by atoms with Crippen molar-refractivity contribution in [1.29, 1.82) is 0 Å². The fourth-order valence-corrected chi connectivity index (χ4v) is 3.06. The van der Waals surface area contributed by atoms with Gasteiger partial charge in [-0.2, -0.15) is 0 Å². The van der Waals surface area contributed by atoms with Gasteiger partial charge in [0.1, 0.15) is 0 Å². The zero-order chi connectivity index (χ0) is 16.8. The molecule has 1 fully saturated rings. The minimum Gasteiger partial charge on any atom is -0.354 e. The maximum absolute atomic E-state index is 12.5. The molecule has 2 rings (SSSR count). The molecule has 0 unspecified atom stereocenters. The lowest BCUT2D eigenvalue weighted by Crippen LogP contribution is -2.40. The van der Waals surface area contributed by atoms with Crippen LogP contribution in [0.4, 0.5) is 0 Å². The van der Waals surface area contributed by atoms with Crippen LogP contribution in [-0.4, -0.2) is 35.8 Å². The smallest absolute Gasteiger partial charge is 0.255 e. The molecule has 1 aliphatic rings. The molecular formula is C18H25ClN2O2. The van der Waals surface area contributed by atoms with E-state index in [0.29, 0.717) is 36.0 Å². The molecule has 1 heterocycles. The summed E-state index contributed by atoms with van der Waals surface area (Å²) in [6.07, 6.45) is 3.23. The highest BCUT2D eigenvalue weighted by Crippen LogP contribution is 2.24. The van der Waals surface area contributed by atoms with Gasteiger partial charge in [-0.15, -0.1) is 0 Å². The van der Waals surface area contributed by atoms with Crippen LogP contribution in [-0.2, 0) is 4.79 Å². The monoisotopic (exact) mass is 336 g/mol. The number of nitrogens with zero attached hydrogens (tertiary/aromatic N) is 1. The van der Waals surface area contributed by atoms with Crippen molar-refractivity contribution >= 4 is 23.4 Å². The second kappa shape index (κ2) is 8.34. The van der Waals surface area contributed by atoms with Crippen molar-refractivity contribution < 1.29 is 9.59 Å². The predicted molar refractivity (Wildman–Crippen MR) is 92.6 cm³/mol. The van der Waals surface area contributed by atoms with E-state index in [-0.39, 0.29) is 17.9 Å². The summed E-state index contributed by atoms with van der Waals surface area (Å²) in [6, 6.07) is 7.37. The fraction of sp³-hybridized carbons (Fsp3) is 0.556. The van der Waals surface area contributed by atoms with Crippen molar-refractivity contribution in [3.63, 3.8) is 0 Å². The van der Waals surface area contributed by atoms with E-state index in [0.717, 1.165) is 19.3 Å². The lowest BCUT2D eigenvalue weighted by Gasteiger charge is -2.32. The first-order valence-electron chi connectivity index (χ1n) is 8.34. The molecule has 23 heavy (non-hydrogen) atoms. The molecule has 0 bridgehead atoms. The molecule has 1 N–H and O–H groups in total. The van der Waals surface area contributed by atoms with Gasteiger partial charge in [0.05, 0.1) is 10.6 Å². The van der Waals surface area contributed by atoms with Crippen molar-refractivity contribution in [1.82, 2.24) is 10.2 Å². The van der Waals surface area contributed by atoms with Gasteiger partial charge >= 0.3 is 0 Å². The topological polar surface area (TPSA) is 49.4 Å². The van der Waals surface area contributed by atoms with Crippen LogP contribution in [0.1, 0.15) is 49.9 Å². The third-order valence-electron chi connectivity index (χ3n) is 4.50. The number of benzene rings is 1. The lowest BCUT2D eigenvalue weighted by atomic mass is 9.92. The highest BCUT2D eigenvalue weighted by Gasteiger charge is 2.26. The Morgan fingerprint density at radius 1 is 1.30 bits per heavy atom. The van der Waals surface area contributed by atoms with E-state index in [1.807, 2.05) is 24.0 Å². The quantitative estimate of drug-likeness (QED) is 0.894.